The van der Waals surface area contributed by atoms with Gasteiger partial charge in [-0.3, -0.25) is 4.79 Å². The second kappa shape index (κ2) is 6.32. The molecule has 1 aliphatic rings. The van der Waals surface area contributed by atoms with Crippen molar-refractivity contribution < 1.29 is 4.79 Å². The number of amides is 1. The van der Waals surface area contributed by atoms with Gasteiger partial charge >= 0.3 is 0 Å². The zero-order chi connectivity index (χ0) is 18.1. The lowest BCUT2D eigenvalue weighted by Gasteiger charge is -2.43. The number of carbonyl (C=O) groups excluding carboxylic acids is 1. The first-order valence-corrected chi connectivity index (χ1v) is 8.64. The molecule has 0 bridgehead atoms. The summed E-state index contributed by atoms with van der Waals surface area (Å²) in [6.45, 7) is 0. The van der Waals surface area contributed by atoms with E-state index in [-0.39, 0.29) is 5.91 Å². The number of hydrogen-bond donors (Lipinski definition) is 1. The number of carbonyl (C=O) groups is 1. The first-order chi connectivity index (χ1) is 12.6. The molecule has 3 aromatic carbocycles. The van der Waals surface area contributed by atoms with E-state index in [9.17, 15) is 4.79 Å². The van der Waals surface area contributed by atoms with Crippen molar-refractivity contribution in [3.63, 3.8) is 0 Å². The van der Waals surface area contributed by atoms with E-state index in [1.54, 1.807) is 5.01 Å². The summed E-state index contributed by atoms with van der Waals surface area (Å²) in [6.07, 6.45) is 0. The molecule has 1 atom stereocenters. The number of rotatable bonds is 4. The van der Waals surface area contributed by atoms with Crippen molar-refractivity contribution in [2.75, 3.05) is 19.4 Å². The molecule has 130 valence electrons. The number of nitrogens with one attached hydrogen (secondary N) is 1. The minimum absolute atomic E-state index is 0.0158. The Bertz CT molecular complexity index is 924. The van der Waals surface area contributed by atoms with Gasteiger partial charge in [0.15, 0.2) is 5.66 Å². The summed E-state index contributed by atoms with van der Waals surface area (Å²) in [4.78, 5) is 13.3. The normalized spacial score (nSPS) is 18.9. The Balaban J connectivity index is 2.01. The topological polar surface area (TPSA) is 35.6 Å². The second-order valence-electron chi connectivity index (χ2n) is 6.58. The maximum Gasteiger partial charge on any atom is 0.271 e. The van der Waals surface area contributed by atoms with Crippen LogP contribution in [-0.4, -0.2) is 30.0 Å². The molecule has 1 aliphatic heterocycles. The Labute approximate surface area is 153 Å². The summed E-state index contributed by atoms with van der Waals surface area (Å²) in [6, 6.07) is 27.9. The molecule has 1 N–H and O–H groups in total. The van der Waals surface area contributed by atoms with E-state index in [1.807, 2.05) is 91.9 Å². The molecule has 4 rings (SSSR count). The molecule has 26 heavy (non-hydrogen) atoms. The predicted octanol–water partition coefficient (Wildman–Crippen LogP) is 3.93. The molecule has 0 aromatic heterocycles. The zero-order valence-corrected chi connectivity index (χ0v) is 14.9. The number of para-hydroxylation sites is 1. The minimum atomic E-state index is -0.806. The van der Waals surface area contributed by atoms with E-state index in [1.165, 1.54) is 0 Å². The molecular formula is C22H21N3O. The highest BCUT2D eigenvalue weighted by Gasteiger charge is 2.52. The van der Waals surface area contributed by atoms with E-state index >= 15 is 0 Å². The number of hydrogen-bond acceptors (Lipinski definition) is 3. The third-order valence-electron chi connectivity index (χ3n) is 4.75. The quantitative estimate of drug-likeness (QED) is 0.779. The lowest BCUT2D eigenvalue weighted by molar-refractivity contribution is -0.0168. The van der Waals surface area contributed by atoms with Gasteiger partial charge in [-0.15, -0.1) is 0 Å². The molecule has 0 fully saturated rings. The maximum absolute atomic E-state index is 13.3. The first-order valence-electron chi connectivity index (χ1n) is 8.64. The number of hydrazine groups is 1. The summed E-state index contributed by atoms with van der Waals surface area (Å²) in [5, 5.41) is 7.30. The first kappa shape index (κ1) is 16.4. The smallest absolute Gasteiger partial charge is 0.271 e. The van der Waals surface area contributed by atoms with Gasteiger partial charge in [-0.25, -0.2) is 10.0 Å². The second-order valence-corrected chi connectivity index (χ2v) is 6.58. The average Bonchev–Trinajstić information content (AvgIpc) is 2.93. The number of nitrogens with zero attached hydrogens (tertiary/aromatic N) is 2. The molecule has 4 heteroatoms. The van der Waals surface area contributed by atoms with Gasteiger partial charge in [0.25, 0.3) is 5.91 Å². The molecule has 3 aromatic rings. The Hall–Kier alpha value is -3.11. The minimum Gasteiger partial charge on any atom is -0.354 e. The number of benzene rings is 3. The Morgan fingerprint density at radius 1 is 0.808 bits per heavy atom. The third kappa shape index (κ3) is 2.38. The van der Waals surface area contributed by atoms with Crippen LogP contribution in [0.1, 0.15) is 21.5 Å². The summed E-state index contributed by atoms with van der Waals surface area (Å²) < 4.78 is 0. The highest BCUT2D eigenvalue weighted by Crippen LogP contribution is 2.44. The molecular weight excluding hydrogens is 322 g/mol. The third-order valence-corrected chi connectivity index (χ3v) is 4.75. The molecule has 0 aliphatic carbocycles. The van der Waals surface area contributed by atoms with Crippen molar-refractivity contribution in [3.05, 3.63) is 102 Å². The van der Waals surface area contributed by atoms with Gasteiger partial charge in [-0.2, -0.15) is 0 Å². The van der Waals surface area contributed by atoms with Crippen molar-refractivity contribution in [1.29, 1.82) is 0 Å². The summed E-state index contributed by atoms with van der Waals surface area (Å²) >= 11 is 0. The molecule has 1 amide bonds. The van der Waals surface area contributed by atoms with Crippen LogP contribution in [0.4, 0.5) is 5.69 Å². The Morgan fingerprint density at radius 3 is 2.04 bits per heavy atom. The van der Waals surface area contributed by atoms with Crippen LogP contribution in [0.15, 0.2) is 84.9 Å². The van der Waals surface area contributed by atoms with E-state index in [0.717, 1.165) is 16.8 Å². The van der Waals surface area contributed by atoms with Crippen LogP contribution in [0.5, 0.6) is 0 Å². The van der Waals surface area contributed by atoms with Crippen molar-refractivity contribution in [2.24, 2.45) is 0 Å². The lowest BCUT2D eigenvalue weighted by Crippen LogP contribution is -2.56. The van der Waals surface area contributed by atoms with Gasteiger partial charge in [-0.05, 0) is 18.2 Å². The van der Waals surface area contributed by atoms with Gasteiger partial charge in [0.2, 0.25) is 0 Å². The van der Waals surface area contributed by atoms with Gasteiger partial charge < -0.3 is 5.32 Å². The van der Waals surface area contributed by atoms with Crippen LogP contribution in [0, 0.1) is 0 Å². The van der Waals surface area contributed by atoms with Crippen molar-refractivity contribution in [2.45, 2.75) is 5.66 Å². The van der Waals surface area contributed by atoms with E-state index < -0.39 is 5.66 Å². The highest BCUT2D eigenvalue weighted by molar-refractivity contribution is 6.01. The van der Waals surface area contributed by atoms with Crippen LogP contribution >= 0.6 is 0 Å². The fourth-order valence-corrected chi connectivity index (χ4v) is 3.73. The standard InChI is InChI=1S/C22H21N3O/c1-24(2)25-21(26)19-15-9-10-16-20(19)22(25,17-11-5-3-6-12-17)23-18-13-7-4-8-14-18/h3-16,23H,1-2H3. The summed E-state index contributed by atoms with van der Waals surface area (Å²) in [7, 11) is 3.79. The van der Waals surface area contributed by atoms with Crippen molar-refractivity contribution in [1.82, 2.24) is 10.0 Å². The van der Waals surface area contributed by atoms with Gasteiger partial charge in [0, 0.05) is 36.5 Å². The molecule has 0 spiro atoms. The van der Waals surface area contributed by atoms with E-state index in [4.69, 9.17) is 0 Å². The lowest BCUT2D eigenvalue weighted by atomic mass is 9.90. The molecule has 0 saturated heterocycles. The monoisotopic (exact) mass is 343 g/mol. The summed E-state index contributed by atoms with van der Waals surface area (Å²) in [5.74, 6) is -0.0158. The van der Waals surface area contributed by atoms with Gasteiger partial charge in [0.1, 0.15) is 0 Å². The Morgan fingerprint density at radius 2 is 1.38 bits per heavy atom. The fourth-order valence-electron chi connectivity index (χ4n) is 3.73. The van der Waals surface area contributed by atoms with Crippen LogP contribution in [-0.2, 0) is 5.66 Å². The van der Waals surface area contributed by atoms with E-state index in [0.29, 0.717) is 5.56 Å². The summed E-state index contributed by atoms with van der Waals surface area (Å²) in [5.41, 5.74) is 2.82. The largest absolute Gasteiger partial charge is 0.354 e. The number of fused-ring (bicyclic) bond motifs is 1. The predicted molar refractivity (Wildman–Crippen MR) is 104 cm³/mol. The van der Waals surface area contributed by atoms with Crippen molar-refractivity contribution >= 4 is 11.6 Å². The van der Waals surface area contributed by atoms with Crippen LogP contribution < -0.4 is 5.32 Å². The maximum atomic E-state index is 13.3. The van der Waals surface area contributed by atoms with Gasteiger partial charge in [-0.1, -0.05) is 66.7 Å². The van der Waals surface area contributed by atoms with Gasteiger partial charge in [0.05, 0.1) is 0 Å². The molecule has 1 unspecified atom stereocenters. The van der Waals surface area contributed by atoms with Crippen LogP contribution in [0.3, 0.4) is 0 Å². The Kier molecular flexibility index (Phi) is 3.98. The van der Waals surface area contributed by atoms with Crippen LogP contribution in [0.2, 0.25) is 0 Å². The zero-order valence-electron chi connectivity index (χ0n) is 14.9. The highest BCUT2D eigenvalue weighted by atomic mass is 16.2. The molecule has 0 radical (unpaired) electrons. The molecule has 1 heterocycles. The van der Waals surface area contributed by atoms with Crippen molar-refractivity contribution in [3.8, 4) is 0 Å². The SMILES string of the molecule is CN(C)N1C(=O)c2ccccc2C1(Nc1ccccc1)c1ccccc1. The van der Waals surface area contributed by atoms with E-state index in [2.05, 4.69) is 17.4 Å². The average molecular weight is 343 g/mol. The molecule has 4 nitrogen and oxygen atoms in total. The number of anilines is 1. The molecule has 0 saturated carbocycles. The fraction of sp³-hybridized carbons (Fsp3) is 0.136. The van der Waals surface area contributed by atoms with Crippen LogP contribution in [0.25, 0.3) is 0 Å².